The van der Waals surface area contributed by atoms with Gasteiger partial charge in [0.1, 0.15) is 6.04 Å². The number of hydrogen-bond acceptors (Lipinski definition) is 6. The number of nitrogens with zero attached hydrogens (tertiary/aromatic N) is 1. The number of carbonyl (C=O) groups is 2. The molecule has 4 N–H and O–H groups in total. The number of hydrogen-bond donors (Lipinski definition) is 3. The molecule has 0 saturated carbocycles. The molecule has 21 heavy (non-hydrogen) atoms. The normalized spacial score (nSPS) is 12.0. The van der Waals surface area contributed by atoms with Gasteiger partial charge in [-0.3, -0.25) is 14.7 Å². The molecule has 0 spiro atoms. The molecule has 7 nitrogen and oxygen atoms in total. The van der Waals surface area contributed by atoms with E-state index in [9.17, 15) is 9.59 Å². The zero-order valence-electron chi connectivity index (χ0n) is 12.6. The van der Waals surface area contributed by atoms with Gasteiger partial charge in [-0.15, -0.1) is 0 Å². The van der Waals surface area contributed by atoms with Crippen molar-refractivity contribution in [2.45, 2.75) is 33.2 Å². The number of carbonyl (C=O) groups excluding carboxylic acids is 2. The van der Waals surface area contributed by atoms with Crippen LogP contribution in [0.3, 0.4) is 0 Å². The minimum absolute atomic E-state index is 0.0997. The van der Waals surface area contributed by atoms with Crippen LogP contribution in [0.2, 0.25) is 0 Å². The van der Waals surface area contributed by atoms with Crippen LogP contribution in [0.25, 0.3) is 0 Å². The van der Waals surface area contributed by atoms with Crippen molar-refractivity contribution in [1.29, 1.82) is 0 Å². The Morgan fingerprint density at radius 1 is 1.48 bits per heavy atom. The fourth-order valence-electron chi connectivity index (χ4n) is 1.65. The first-order chi connectivity index (χ1) is 9.95. The second kappa shape index (κ2) is 8.68. The number of ether oxygens (including phenoxy) is 1. The molecular formula is C13H22N4O3S. The number of aryl methyl sites for hydroxylation is 2. The van der Waals surface area contributed by atoms with Gasteiger partial charge in [0.2, 0.25) is 5.91 Å². The van der Waals surface area contributed by atoms with Gasteiger partial charge in [-0.2, -0.15) is 16.9 Å². The Morgan fingerprint density at radius 2 is 2.19 bits per heavy atom. The minimum Gasteiger partial charge on any atom is -0.465 e. The second-order valence-corrected chi connectivity index (χ2v) is 5.66. The van der Waals surface area contributed by atoms with Crippen molar-refractivity contribution < 1.29 is 14.3 Å². The van der Waals surface area contributed by atoms with E-state index >= 15 is 0 Å². The third-order valence-corrected chi connectivity index (χ3v) is 3.78. The summed E-state index contributed by atoms with van der Waals surface area (Å²) in [5.41, 5.74) is 7.98. The molecule has 0 radical (unpaired) electrons. The van der Waals surface area contributed by atoms with Crippen LogP contribution in [-0.4, -0.2) is 46.2 Å². The van der Waals surface area contributed by atoms with Gasteiger partial charge < -0.3 is 15.8 Å². The van der Waals surface area contributed by atoms with Gasteiger partial charge >= 0.3 is 5.97 Å². The van der Waals surface area contributed by atoms with Crippen LogP contribution in [0.4, 0.5) is 5.69 Å². The lowest BCUT2D eigenvalue weighted by Crippen LogP contribution is -2.32. The quantitative estimate of drug-likeness (QED) is 0.487. The number of H-pyrrole nitrogens is 1. The van der Waals surface area contributed by atoms with Gasteiger partial charge in [0, 0.05) is 0 Å². The fraction of sp³-hybridized carbons (Fsp3) is 0.615. The first kappa shape index (κ1) is 17.5. The monoisotopic (exact) mass is 314 g/mol. The number of aromatic nitrogens is 2. The fourth-order valence-corrected chi connectivity index (χ4v) is 2.48. The Morgan fingerprint density at radius 3 is 2.76 bits per heavy atom. The van der Waals surface area contributed by atoms with Crippen LogP contribution in [0.5, 0.6) is 0 Å². The number of nitrogens with two attached hydrogens (primary N) is 1. The Balaban J connectivity index is 2.24. The third-order valence-electron chi connectivity index (χ3n) is 2.79. The first-order valence-corrected chi connectivity index (χ1v) is 7.92. The van der Waals surface area contributed by atoms with E-state index in [-0.39, 0.29) is 5.91 Å². The number of nitrogens with one attached hydrogen (secondary N) is 2. The zero-order chi connectivity index (χ0) is 15.8. The van der Waals surface area contributed by atoms with Crippen LogP contribution < -0.4 is 11.1 Å². The Labute approximate surface area is 128 Å². The average molecular weight is 314 g/mol. The zero-order valence-corrected chi connectivity index (χ0v) is 13.4. The topological polar surface area (TPSA) is 110 Å². The predicted molar refractivity (Wildman–Crippen MR) is 83.2 cm³/mol. The molecule has 1 amide bonds. The summed E-state index contributed by atoms with van der Waals surface area (Å²) in [4.78, 5) is 23.1. The molecule has 0 aliphatic heterocycles. The number of anilines is 1. The molecule has 0 aliphatic carbocycles. The maximum absolute atomic E-state index is 11.8. The van der Waals surface area contributed by atoms with Gasteiger partial charge in [0.15, 0.2) is 0 Å². The number of esters is 1. The van der Waals surface area contributed by atoms with Crippen molar-refractivity contribution in [2.24, 2.45) is 5.73 Å². The number of aromatic amines is 1. The maximum Gasteiger partial charge on any atom is 0.322 e. The molecule has 0 aliphatic rings. The van der Waals surface area contributed by atoms with E-state index in [1.54, 1.807) is 6.92 Å². The molecule has 118 valence electrons. The van der Waals surface area contributed by atoms with Gasteiger partial charge in [-0.1, -0.05) is 0 Å². The van der Waals surface area contributed by atoms with E-state index in [1.807, 2.05) is 13.8 Å². The Kier molecular flexibility index (Phi) is 7.24. The summed E-state index contributed by atoms with van der Waals surface area (Å²) >= 11 is 1.43. The van der Waals surface area contributed by atoms with Gasteiger partial charge in [0.05, 0.1) is 29.4 Å². The molecule has 0 aromatic carbocycles. The summed E-state index contributed by atoms with van der Waals surface area (Å²) in [6.45, 7) is 5.74. The molecule has 1 unspecified atom stereocenters. The van der Waals surface area contributed by atoms with Crippen LogP contribution in [0.1, 0.15) is 24.7 Å². The van der Waals surface area contributed by atoms with Gasteiger partial charge in [0.25, 0.3) is 0 Å². The molecule has 8 heteroatoms. The lowest BCUT2D eigenvalue weighted by atomic mass is 10.2. The summed E-state index contributed by atoms with van der Waals surface area (Å²) in [5, 5.41) is 9.63. The van der Waals surface area contributed by atoms with E-state index in [2.05, 4.69) is 15.5 Å². The molecule has 1 aromatic rings. The highest BCUT2D eigenvalue weighted by Gasteiger charge is 2.14. The number of amides is 1. The van der Waals surface area contributed by atoms with Crippen LogP contribution in [-0.2, 0) is 14.3 Å². The van der Waals surface area contributed by atoms with Crippen molar-refractivity contribution in [3.63, 3.8) is 0 Å². The van der Waals surface area contributed by atoms with E-state index in [0.717, 1.165) is 17.1 Å². The van der Waals surface area contributed by atoms with E-state index < -0.39 is 12.0 Å². The highest BCUT2D eigenvalue weighted by Crippen LogP contribution is 2.16. The van der Waals surface area contributed by atoms with Crippen molar-refractivity contribution in [3.8, 4) is 0 Å². The molecule has 0 fully saturated rings. The lowest BCUT2D eigenvalue weighted by molar-refractivity contribution is -0.144. The molecule has 1 rings (SSSR count). The summed E-state index contributed by atoms with van der Waals surface area (Å²) in [6, 6.07) is -0.626. The highest BCUT2D eigenvalue weighted by molar-refractivity contribution is 7.99. The third kappa shape index (κ3) is 5.76. The van der Waals surface area contributed by atoms with E-state index in [1.165, 1.54) is 11.8 Å². The lowest BCUT2D eigenvalue weighted by Gasteiger charge is -2.10. The first-order valence-electron chi connectivity index (χ1n) is 6.77. The molecule has 1 aromatic heterocycles. The Hall–Kier alpha value is -1.54. The average Bonchev–Trinajstić information content (AvgIpc) is 2.75. The largest absolute Gasteiger partial charge is 0.465 e. The predicted octanol–water partition coefficient (Wildman–Crippen LogP) is 0.979. The summed E-state index contributed by atoms with van der Waals surface area (Å²) < 4.78 is 4.82. The summed E-state index contributed by atoms with van der Waals surface area (Å²) in [7, 11) is 0. The summed E-state index contributed by atoms with van der Waals surface area (Å²) in [5.74, 6) is 0.431. The van der Waals surface area contributed by atoms with Crippen LogP contribution >= 0.6 is 11.8 Å². The summed E-state index contributed by atoms with van der Waals surface area (Å²) in [6.07, 6.45) is 0.487. The van der Waals surface area contributed by atoms with E-state index in [0.29, 0.717) is 24.5 Å². The molecular weight excluding hydrogens is 292 g/mol. The minimum atomic E-state index is -0.626. The smallest absolute Gasteiger partial charge is 0.322 e. The van der Waals surface area contributed by atoms with Crippen molar-refractivity contribution in [1.82, 2.24) is 10.2 Å². The SMILES string of the molecule is CCOC(=O)C(N)CCSCC(=O)Nc1c(C)n[nH]c1C. The van der Waals surface area contributed by atoms with Crippen molar-refractivity contribution in [2.75, 3.05) is 23.4 Å². The van der Waals surface area contributed by atoms with Crippen LogP contribution in [0, 0.1) is 13.8 Å². The number of rotatable bonds is 8. The number of thioether (sulfide) groups is 1. The van der Waals surface area contributed by atoms with E-state index in [4.69, 9.17) is 10.5 Å². The van der Waals surface area contributed by atoms with Gasteiger partial charge in [-0.25, -0.2) is 0 Å². The molecule has 1 atom stereocenters. The molecule has 1 heterocycles. The maximum atomic E-state index is 11.8. The molecule has 0 bridgehead atoms. The van der Waals surface area contributed by atoms with Crippen LogP contribution in [0.15, 0.2) is 0 Å². The Bertz CT molecular complexity index is 470. The van der Waals surface area contributed by atoms with Crippen molar-refractivity contribution in [3.05, 3.63) is 11.4 Å². The highest BCUT2D eigenvalue weighted by atomic mass is 32.2. The standard InChI is InChI=1S/C13H22N4O3S/c1-4-20-13(19)10(14)5-6-21-7-11(18)15-12-8(2)16-17-9(12)3/h10H,4-7,14H2,1-3H3,(H,15,18)(H,16,17). The van der Waals surface area contributed by atoms with Crippen molar-refractivity contribution >= 4 is 29.3 Å². The second-order valence-electron chi connectivity index (χ2n) is 4.56. The molecule has 0 saturated heterocycles. The van der Waals surface area contributed by atoms with Gasteiger partial charge in [-0.05, 0) is 32.9 Å².